The molecule has 320 valence electrons. The fourth-order valence-electron chi connectivity index (χ4n) is 9.64. The van der Waals surface area contributed by atoms with E-state index in [-0.39, 0.29) is 24.0 Å². The number of hydrogen-bond donors (Lipinski definition) is 1. The molecule has 2 aromatic heterocycles. The van der Waals surface area contributed by atoms with Crippen LogP contribution in [0.15, 0.2) is 42.0 Å². The van der Waals surface area contributed by atoms with E-state index in [0.717, 1.165) is 17.1 Å². The number of hydrogen-bond acceptors (Lipinski definition) is 14. The van der Waals surface area contributed by atoms with Crippen LogP contribution in [0.1, 0.15) is 81.1 Å². The number of esters is 1. The molecule has 4 aliphatic rings. The Balaban J connectivity index is 1.37. The predicted molar refractivity (Wildman–Crippen MR) is 214 cm³/mol. The number of aliphatic hydroxyl groups is 1. The summed E-state index contributed by atoms with van der Waals surface area (Å²) in [6, 6.07) is 4.85. The second-order valence-corrected chi connectivity index (χ2v) is 17.3. The molecular weight excluding hydrogens is 747 g/mol. The van der Waals surface area contributed by atoms with Gasteiger partial charge in [0.1, 0.15) is 29.9 Å². The normalized spacial score (nSPS) is 37.4. The Morgan fingerprint density at radius 2 is 1.76 bits per heavy atom. The first-order valence-corrected chi connectivity index (χ1v) is 20.7. The van der Waals surface area contributed by atoms with E-state index in [2.05, 4.69) is 16.9 Å². The number of rotatable bonds is 10. The van der Waals surface area contributed by atoms with E-state index in [0.29, 0.717) is 38.8 Å². The molecule has 0 saturated carbocycles. The molecule has 58 heavy (non-hydrogen) atoms. The summed E-state index contributed by atoms with van der Waals surface area (Å²) in [5.74, 6) is -3.80. The molecular formula is C42H63N7O9. The molecule has 0 radical (unpaired) electrons. The molecule has 16 nitrogen and oxygen atoms in total. The lowest BCUT2D eigenvalue weighted by atomic mass is 9.73. The molecule has 2 bridgehead atoms. The average Bonchev–Trinajstić information content (AvgIpc) is 3.78. The van der Waals surface area contributed by atoms with Crippen molar-refractivity contribution in [3.8, 4) is 11.4 Å². The number of Topliss-reactive ketones (excluding diaryl/α,β-unsaturated/α-hetero) is 1. The van der Waals surface area contributed by atoms with Gasteiger partial charge in [-0.25, -0.2) is 9.78 Å². The first-order valence-electron chi connectivity index (χ1n) is 20.7. The molecule has 13 atom stereocenters. The maximum atomic E-state index is 14.4. The summed E-state index contributed by atoms with van der Waals surface area (Å²) in [4.78, 5) is 53.2. The lowest BCUT2D eigenvalue weighted by Crippen LogP contribution is -2.63. The highest BCUT2D eigenvalue weighted by Gasteiger charge is 2.63. The lowest BCUT2D eigenvalue weighted by Gasteiger charge is -2.49. The van der Waals surface area contributed by atoms with Gasteiger partial charge < -0.3 is 38.3 Å². The number of aliphatic hydroxyl groups excluding tert-OH is 1. The minimum absolute atomic E-state index is 0.230. The Morgan fingerprint density at radius 3 is 2.41 bits per heavy atom. The van der Waals surface area contributed by atoms with Crippen molar-refractivity contribution in [1.82, 2.24) is 29.6 Å². The van der Waals surface area contributed by atoms with Crippen LogP contribution in [-0.2, 0) is 39.8 Å². The molecule has 1 unspecified atom stereocenters. The number of pyridine rings is 1. The van der Waals surface area contributed by atoms with Crippen LogP contribution in [0.4, 0.5) is 4.79 Å². The van der Waals surface area contributed by atoms with Crippen molar-refractivity contribution >= 4 is 23.6 Å². The Kier molecular flexibility index (Phi) is 13.0. The van der Waals surface area contributed by atoms with Crippen LogP contribution in [0.5, 0.6) is 0 Å². The largest absolute Gasteiger partial charge is 0.457 e. The van der Waals surface area contributed by atoms with Gasteiger partial charge in [0.15, 0.2) is 17.7 Å². The second-order valence-electron chi connectivity index (χ2n) is 17.3. The van der Waals surface area contributed by atoms with Crippen LogP contribution in [0.2, 0.25) is 0 Å². The first-order chi connectivity index (χ1) is 27.4. The van der Waals surface area contributed by atoms with Crippen molar-refractivity contribution in [2.45, 2.75) is 142 Å². The monoisotopic (exact) mass is 809 g/mol. The number of likely N-dealkylation sites (N-methyl/N-ethyl adjacent to an activating group) is 1. The number of ether oxygens (including phenoxy) is 5. The van der Waals surface area contributed by atoms with Crippen LogP contribution in [0.25, 0.3) is 11.4 Å². The number of hydrazine groups is 1. The van der Waals surface area contributed by atoms with Gasteiger partial charge in [-0.3, -0.25) is 14.6 Å². The van der Waals surface area contributed by atoms with Crippen LogP contribution in [-0.4, -0.2) is 140 Å². The molecule has 0 aromatic carbocycles. The van der Waals surface area contributed by atoms with Gasteiger partial charge in [-0.05, 0) is 85.5 Å². The van der Waals surface area contributed by atoms with Gasteiger partial charge in [0, 0.05) is 49.6 Å². The Bertz CT molecular complexity index is 1810. The number of methoxy groups -OCH3 is 1. The van der Waals surface area contributed by atoms with E-state index in [4.69, 9.17) is 28.8 Å². The standard InChI is InChI=1S/C42H63N7O9/c1-12-32-42(8)36-26(4)33(45-48(49(36)40(53)58-42)19-15-18-47-22-30(44-23-47)29-16-13-14-17-43-29)24(2)21-41(7,54-11)37(27(5)34(50)28(6)38(52)56-32)57-39-35(51)31(46(9)10)20-25(3)55-39/h13-14,16-17,22-28,31-32,35-37,39,51H,12,15,18-21H2,1-11H3/t24-,25+,26-,27-,28+,31-,32-,35+,36-,37+,39-,41?,42-/m1/s1. The molecule has 16 heteroatoms. The zero-order valence-electron chi connectivity index (χ0n) is 35.9. The van der Waals surface area contributed by atoms with Crippen molar-refractivity contribution in [3.63, 3.8) is 0 Å². The average molecular weight is 810 g/mol. The summed E-state index contributed by atoms with van der Waals surface area (Å²) >= 11 is 0. The zero-order chi connectivity index (χ0) is 42.3. The zero-order valence-corrected chi connectivity index (χ0v) is 35.9. The Morgan fingerprint density at radius 1 is 1.02 bits per heavy atom. The predicted octanol–water partition coefficient (Wildman–Crippen LogP) is 4.56. The number of nitrogens with zero attached hydrogens (tertiary/aromatic N) is 7. The number of aryl methyl sites for hydroxylation is 1. The van der Waals surface area contributed by atoms with Gasteiger partial charge in [0.2, 0.25) is 0 Å². The van der Waals surface area contributed by atoms with Gasteiger partial charge in [0.05, 0.1) is 36.4 Å². The van der Waals surface area contributed by atoms with Crippen molar-refractivity contribution in [2.24, 2.45) is 28.8 Å². The minimum Gasteiger partial charge on any atom is -0.457 e. The molecule has 6 rings (SSSR count). The van der Waals surface area contributed by atoms with Crippen molar-refractivity contribution < 1.29 is 43.2 Å². The number of carbonyl (C=O) groups is 3. The highest BCUT2D eigenvalue weighted by atomic mass is 16.7. The molecule has 4 aliphatic heterocycles. The van der Waals surface area contributed by atoms with Gasteiger partial charge in [-0.2, -0.15) is 15.2 Å². The van der Waals surface area contributed by atoms with Crippen molar-refractivity contribution in [2.75, 3.05) is 27.7 Å². The highest BCUT2D eigenvalue weighted by molar-refractivity contribution is 6.00. The maximum absolute atomic E-state index is 14.4. The van der Waals surface area contributed by atoms with Crippen molar-refractivity contribution in [3.05, 3.63) is 36.9 Å². The van der Waals surface area contributed by atoms with Crippen molar-refractivity contribution in [1.29, 1.82) is 0 Å². The highest BCUT2D eigenvalue weighted by Crippen LogP contribution is 2.45. The quantitative estimate of drug-likeness (QED) is 0.262. The molecule has 0 spiro atoms. The number of ketones is 1. The lowest BCUT2D eigenvalue weighted by molar-refractivity contribution is -0.295. The van der Waals surface area contributed by atoms with Gasteiger partial charge in [0.25, 0.3) is 0 Å². The third-order valence-electron chi connectivity index (χ3n) is 12.9. The number of imidazole rings is 1. The summed E-state index contributed by atoms with van der Waals surface area (Å²) < 4.78 is 33.7. The molecule has 0 aliphatic carbocycles. The van der Waals surface area contributed by atoms with E-state index in [1.807, 2.05) is 82.6 Å². The Labute approximate surface area is 342 Å². The molecule has 3 fully saturated rings. The van der Waals surface area contributed by atoms with Crippen LogP contribution >= 0.6 is 0 Å². The number of aromatic nitrogens is 3. The van der Waals surface area contributed by atoms with Gasteiger partial charge in [-0.1, -0.05) is 33.8 Å². The molecule has 6 heterocycles. The molecule has 2 aromatic rings. The fourth-order valence-corrected chi connectivity index (χ4v) is 9.64. The van der Waals surface area contributed by atoms with Gasteiger partial charge >= 0.3 is 12.1 Å². The van der Waals surface area contributed by atoms with E-state index in [1.54, 1.807) is 36.7 Å². The topological polar surface area (TPSA) is 170 Å². The van der Waals surface area contributed by atoms with E-state index >= 15 is 0 Å². The first kappa shape index (κ1) is 43.6. The summed E-state index contributed by atoms with van der Waals surface area (Å²) in [7, 11) is 5.37. The summed E-state index contributed by atoms with van der Waals surface area (Å²) in [5, 5.41) is 20.0. The minimum atomic E-state index is -1.27. The number of carbonyl (C=O) groups excluding carboxylic acids is 3. The fraction of sp³-hybridized carbons (Fsp3) is 0.714. The molecule has 3 saturated heterocycles. The maximum Gasteiger partial charge on any atom is 0.431 e. The second kappa shape index (κ2) is 17.3. The van der Waals surface area contributed by atoms with Crippen LogP contribution in [0.3, 0.4) is 0 Å². The number of cyclic esters (lactones) is 1. The summed E-state index contributed by atoms with van der Waals surface area (Å²) in [6.07, 6.45) is 2.60. The van der Waals surface area contributed by atoms with E-state index in [9.17, 15) is 19.5 Å². The third kappa shape index (κ3) is 8.27. The van der Waals surface area contributed by atoms with E-state index < -0.39 is 71.5 Å². The number of amides is 1. The number of hydrazone groups is 1. The van der Waals surface area contributed by atoms with Gasteiger partial charge in [-0.15, -0.1) is 0 Å². The molecule has 1 amide bonds. The third-order valence-corrected chi connectivity index (χ3v) is 12.9. The SMILES string of the molecule is CC[C@H]1OC(=O)[C@@H](C)C(=O)[C@@H](C)[C@H](O[C@H]2O[C@@H](C)C[C@@H](N(C)C)[C@@H]2O)C(C)(OC)C[C@@H](C)C2=NN(CCCn3cnc(-c4ccccn4)c3)N3C(=O)O[C@@]1(C)[C@H]3[C@@H]2C. The van der Waals surface area contributed by atoms with Crippen LogP contribution in [0, 0.1) is 23.7 Å². The smallest absolute Gasteiger partial charge is 0.431 e. The summed E-state index contributed by atoms with van der Waals surface area (Å²) in [5.41, 5.74) is -0.0765. The van der Waals surface area contributed by atoms with Crippen LogP contribution < -0.4 is 0 Å². The molecule has 1 N–H and O–H groups in total. The van der Waals surface area contributed by atoms with E-state index in [1.165, 1.54) is 6.92 Å². The number of fused-ring (bicyclic) bond motifs is 1. The summed E-state index contributed by atoms with van der Waals surface area (Å²) in [6.45, 7) is 15.8. The Hall–Kier alpha value is -3.96.